The van der Waals surface area contributed by atoms with Crippen LogP contribution >= 0.6 is 0 Å². The van der Waals surface area contributed by atoms with Gasteiger partial charge in [-0.25, -0.2) is 13.2 Å². The molecule has 0 spiro atoms. The predicted octanol–water partition coefficient (Wildman–Crippen LogP) is 3.21. The molecule has 2 aromatic rings. The normalized spacial score (nSPS) is 13.7. The van der Waals surface area contributed by atoms with Gasteiger partial charge in [0.15, 0.2) is 11.6 Å². The van der Waals surface area contributed by atoms with Crippen molar-refractivity contribution in [3.05, 3.63) is 58.9 Å². The fourth-order valence-corrected chi connectivity index (χ4v) is 2.39. The van der Waals surface area contributed by atoms with Gasteiger partial charge in [0.1, 0.15) is 5.82 Å². The smallest absolute Gasteiger partial charge is 0.182 e. The van der Waals surface area contributed by atoms with E-state index in [4.69, 9.17) is 5.73 Å². The minimum absolute atomic E-state index is 0.0758. The standard InChI is InChI=1S/C14H11F3N2/c15-9-4-11(16)14(17)13(5-9)19-6-8-2-1-3-12(18)10(8)7-19/h1-5H,6-7,18H2. The Balaban J connectivity index is 2.02. The highest BCUT2D eigenvalue weighted by molar-refractivity contribution is 5.60. The van der Waals surface area contributed by atoms with Gasteiger partial charge in [0.2, 0.25) is 0 Å². The van der Waals surface area contributed by atoms with Crippen molar-refractivity contribution in [1.82, 2.24) is 0 Å². The second-order valence-electron chi connectivity index (χ2n) is 4.56. The molecule has 2 nitrogen and oxygen atoms in total. The van der Waals surface area contributed by atoms with Crippen molar-refractivity contribution in [2.24, 2.45) is 0 Å². The van der Waals surface area contributed by atoms with E-state index in [-0.39, 0.29) is 5.69 Å². The third kappa shape index (κ3) is 1.91. The Morgan fingerprint density at radius 3 is 2.58 bits per heavy atom. The molecule has 19 heavy (non-hydrogen) atoms. The predicted molar refractivity (Wildman–Crippen MR) is 67.1 cm³/mol. The average molecular weight is 264 g/mol. The first-order valence-electron chi connectivity index (χ1n) is 5.82. The molecule has 2 aromatic carbocycles. The fraction of sp³-hybridized carbons (Fsp3) is 0.143. The van der Waals surface area contributed by atoms with Crippen LogP contribution in [0, 0.1) is 17.5 Å². The summed E-state index contributed by atoms with van der Waals surface area (Å²) in [6.07, 6.45) is 0. The Hall–Kier alpha value is -2.17. The van der Waals surface area contributed by atoms with Crippen molar-refractivity contribution in [1.29, 1.82) is 0 Å². The number of hydrogen-bond donors (Lipinski definition) is 1. The molecule has 3 rings (SSSR count). The molecule has 0 saturated heterocycles. The second-order valence-corrected chi connectivity index (χ2v) is 4.56. The van der Waals surface area contributed by atoms with Gasteiger partial charge in [-0.3, -0.25) is 0 Å². The summed E-state index contributed by atoms with van der Waals surface area (Å²) in [6, 6.07) is 6.97. The van der Waals surface area contributed by atoms with Crippen molar-refractivity contribution in [2.75, 3.05) is 10.6 Å². The lowest BCUT2D eigenvalue weighted by molar-refractivity contribution is 0.493. The molecule has 0 aromatic heterocycles. The molecule has 0 atom stereocenters. The first kappa shape index (κ1) is 11.9. The number of benzene rings is 2. The molecule has 0 aliphatic carbocycles. The van der Waals surface area contributed by atoms with Crippen molar-refractivity contribution in [3.63, 3.8) is 0 Å². The van der Waals surface area contributed by atoms with Gasteiger partial charge >= 0.3 is 0 Å². The van der Waals surface area contributed by atoms with Crippen molar-refractivity contribution < 1.29 is 13.2 Å². The van der Waals surface area contributed by atoms with E-state index in [1.54, 1.807) is 17.0 Å². The van der Waals surface area contributed by atoms with Crippen molar-refractivity contribution in [3.8, 4) is 0 Å². The quantitative estimate of drug-likeness (QED) is 0.633. The monoisotopic (exact) mass is 264 g/mol. The van der Waals surface area contributed by atoms with Crippen LogP contribution in [0.3, 0.4) is 0 Å². The van der Waals surface area contributed by atoms with Crippen LogP contribution in [-0.2, 0) is 13.1 Å². The first-order valence-corrected chi connectivity index (χ1v) is 5.82. The zero-order valence-electron chi connectivity index (χ0n) is 9.96. The summed E-state index contributed by atoms with van der Waals surface area (Å²) in [5.41, 5.74) is 8.20. The number of fused-ring (bicyclic) bond motifs is 1. The summed E-state index contributed by atoms with van der Waals surface area (Å²) in [5.74, 6) is -3.01. The Bertz CT molecular complexity index is 655. The maximum absolute atomic E-state index is 13.7. The lowest BCUT2D eigenvalue weighted by atomic mass is 10.1. The topological polar surface area (TPSA) is 29.3 Å². The fourth-order valence-electron chi connectivity index (χ4n) is 2.39. The van der Waals surface area contributed by atoms with Gasteiger partial charge in [-0.2, -0.15) is 0 Å². The number of nitrogen functional groups attached to an aromatic ring is 1. The molecule has 0 unspecified atom stereocenters. The molecule has 2 N–H and O–H groups in total. The summed E-state index contributed by atoms with van der Waals surface area (Å²) in [5, 5.41) is 0. The lowest BCUT2D eigenvalue weighted by Gasteiger charge is -2.18. The molecule has 1 aliphatic heterocycles. The van der Waals surface area contributed by atoms with Gasteiger partial charge in [0, 0.05) is 30.9 Å². The van der Waals surface area contributed by atoms with Crippen LogP contribution in [0.2, 0.25) is 0 Å². The molecule has 0 saturated carbocycles. The van der Waals surface area contributed by atoms with Crippen LogP contribution in [0.25, 0.3) is 0 Å². The zero-order chi connectivity index (χ0) is 13.6. The molecular weight excluding hydrogens is 253 g/mol. The summed E-state index contributed by atoms with van der Waals surface area (Å²) in [6.45, 7) is 0.738. The van der Waals surface area contributed by atoms with Crippen LogP contribution in [-0.4, -0.2) is 0 Å². The summed E-state index contributed by atoms with van der Waals surface area (Å²) < 4.78 is 40.2. The Kier molecular flexibility index (Phi) is 2.62. The number of rotatable bonds is 1. The summed E-state index contributed by atoms with van der Waals surface area (Å²) in [7, 11) is 0. The minimum atomic E-state index is -1.18. The maximum Gasteiger partial charge on any atom is 0.182 e. The van der Waals surface area contributed by atoms with E-state index in [0.29, 0.717) is 24.8 Å². The van der Waals surface area contributed by atoms with Crippen LogP contribution in [0.4, 0.5) is 24.5 Å². The van der Waals surface area contributed by atoms with Crippen molar-refractivity contribution >= 4 is 11.4 Å². The molecule has 0 radical (unpaired) electrons. The number of nitrogens with two attached hydrogens (primary N) is 1. The van der Waals surface area contributed by atoms with E-state index in [2.05, 4.69) is 0 Å². The summed E-state index contributed by atoms with van der Waals surface area (Å²) in [4.78, 5) is 1.57. The van der Waals surface area contributed by atoms with Gasteiger partial charge < -0.3 is 10.6 Å². The maximum atomic E-state index is 13.7. The molecule has 0 bridgehead atoms. The van der Waals surface area contributed by atoms with E-state index < -0.39 is 17.5 Å². The molecule has 5 heteroatoms. The second kappa shape index (κ2) is 4.19. The Morgan fingerprint density at radius 1 is 1.05 bits per heavy atom. The van der Waals surface area contributed by atoms with Gasteiger partial charge in [-0.1, -0.05) is 12.1 Å². The highest BCUT2D eigenvalue weighted by atomic mass is 19.2. The third-order valence-electron chi connectivity index (χ3n) is 3.33. The number of halogens is 3. The van der Waals surface area contributed by atoms with Gasteiger partial charge in [0.25, 0.3) is 0 Å². The molecule has 0 fully saturated rings. The first-order chi connectivity index (χ1) is 9.06. The Morgan fingerprint density at radius 2 is 1.84 bits per heavy atom. The molecular formula is C14H11F3N2. The number of hydrogen-bond acceptors (Lipinski definition) is 2. The van der Waals surface area contributed by atoms with E-state index in [1.165, 1.54) is 0 Å². The highest BCUT2D eigenvalue weighted by Gasteiger charge is 2.25. The SMILES string of the molecule is Nc1cccc2c1CN(c1cc(F)cc(F)c1F)C2. The van der Waals surface area contributed by atoms with Crippen LogP contribution < -0.4 is 10.6 Å². The average Bonchev–Trinajstić information content (AvgIpc) is 2.79. The van der Waals surface area contributed by atoms with Crippen molar-refractivity contribution in [2.45, 2.75) is 13.1 Å². The molecule has 98 valence electrons. The number of anilines is 2. The molecule has 1 heterocycles. The lowest BCUT2D eigenvalue weighted by Crippen LogP contribution is -2.17. The van der Waals surface area contributed by atoms with Crippen LogP contribution in [0.1, 0.15) is 11.1 Å². The zero-order valence-corrected chi connectivity index (χ0v) is 9.96. The van der Waals surface area contributed by atoms with E-state index in [9.17, 15) is 13.2 Å². The van der Waals surface area contributed by atoms with Gasteiger partial charge in [-0.05, 0) is 17.2 Å². The van der Waals surface area contributed by atoms with Gasteiger partial charge in [-0.15, -0.1) is 0 Å². The summed E-state index contributed by atoms with van der Waals surface area (Å²) >= 11 is 0. The van der Waals surface area contributed by atoms with E-state index >= 15 is 0 Å². The molecule has 0 amide bonds. The van der Waals surface area contributed by atoms with E-state index in [0.717, 1.165) is 17.2 Å². The van der Waals surface area contributed by atoms with Gasteiger partial charge in [0.05, 0.1) is 5.69 Å². The molecule has 1 aliphatic rings. The highest BCUT2D eigenvalue weighted by Crippen LogP contribution is 2.33. The van der Waals surface area contributed by atoms with E-state index in [1.807, 2.05) is 6.07 Å². The Labute approximate surface area is 108 Å². The van der Waals surface area contributed by atoms with Crippen LogP contribution in [0.5, 0.6) is 0 Å². The van der Waals surface area contributed by atoms with Crippen LogP contribution in [0.15, 0.2) is 30.3 Å². The third-order valence-corrected chi connectivity index (χ3v) is 3.33. The largest absolute Gasteiger partial charge is 0.398 e. The number of nitrogens with zero attached hydrogens (tertiary/aromatic N) is 1. The minimum Gasteiger partial charge on any atom is -0.398 e.